The molecule has 0 amide bonds. The summed E-state index contributed by atoms with van der Waals surface area (Å²) in [6.45, 7) is 4.74. The van der Waals surface area contributed by atoms with Gasteiger partial charge in [-0.1, -0.05) is 178 Å². The van der Waals surface area contributed by atoms with Gasteiger partial charge in [-0.15, -0.1) is 0 Å². The van der Waals surface area contributed by atoms with Crippen molar-refractivity contribution in [1.29, 1.82) is 0 Å². The van der Waals surface area contributed by atoms with E-state index in [2.05, 4.69) is 312 Å². The molecular formula is C73H52N4. The zero-order valence-electron chi connectivity index (χ0n) is 42.8. The van der Waals surface area contributed by atoms with Gasteiger partial charge in [-0.05, 0) is 159 Å². The molecule has 2 heterocycles. The molecule has 12 aromatic carbocycles. The van der Waals surface area contributed by atoms with Crippen LogP contribution in [0, 0.1) is 0 Å². The molecule has 14 aromatic rings. The Morgan fingerprint density at radius 1 is 0.273 bits per heavy atom. The van der Waals surface area contributed by atoms with Crippen molar-refractivity contribution in [2.75, 3.05) is 9.80 Å². The Morgan fingerprint density at radius 2 is 0.740 bits per heavy atom. The Kier molecular flexibility index (Phi) is 10.2. The summed E-state index contributed by atoms with van der Waals surface area (Å²) in [5.41, 5.74) is 20.7. The topological polar surface area (TPSA) is 16.3 Å². The van der Waals surface area contributed by atoms with E-state index in [1.807, 2.05) is 0 Å². The van der Waals surface area contributed by atoms with Gasteiger partial charge in [0.2, 0.25) is 0 Å². The van der Waals surface area contributed by atoms with Crippen LogP contribution in [0.25, 0.3) is 88.0 Å². The van der Waals surface area contributed by atoms with Crippen molar-refractivity contribution in [3.8, 4) is 33.6 Å². The number of hydrogen-bond acceptors (Lipinski definition) is 2. The van der Waals surface area contributed by atoms with Gasteiger partial charge in [-0.3, -0.25) is 0 Å². The van der Waals surface area contributed by atoms with Crippen molar-refractivity contribution in [2.24, 2.45) is 0 Å². The van der Waals surface area contributed by atoms with E-state index in [1.54, 1.807) is 0 Å². The molecule has 0 radical (unpaired) electrons. The number of aromatic nitrogens is 2. The van der Waals surface area contributed by atoms with Crippen molar-refractivity contribution >= 4 is 88.5 Å². The molecule has 4 nitrogen and oxygen atoms in total. The van der Waals surface area contributed by atoms with Crippen LogP contribution in [0.3, 0.4) is 0 Å². The zero-order valence-corrected chi connectivity index (χ0v) is 42.8. The van der Waals surface area contributed by atoms with Crippen LogP contribution in [-0.4, -0.2) is 9.13 Å². The molecule has 2 aromatic heterocycles. The van der Waals surface area contributed by atoms with Crippen LogP contribution in [0.1, 0.15) is 25.0 Å². The van der Waals surface area contributed by atoms with E-state index in [0.29, 0.717) is 0 Å². The smallest absolute Gasteiger partial charge is 0.0553 e. The highest BCUT2D eigenvalue weighted by molar-refractivity contribution is 6.24. The Hall–Kier alpha value is -9.90. The first-order valence-corrected chi connectivity index (χ1v) is 26.7. The van der Waals surface area contributed by atoms with Gasteiger partial charge in [-0.25, -0.2) is 0 Å². The summed E-state index contributed by atoms with van der Waals surface area (Å²) < 4.78 is 4.84. The Bertz CT molecular complexity index is 4590. The average Bonchev–Trinajstić information content (AvgIpc) is 4.11. The van der Waals surface area contributed by atoms with E-state index in [0.717, 1.165) is 62.1 Å². The van der Waals surface area contributed by atoms with Gasteiger partial charge < -0.3 is 18.9 Å². The highest BCUT2D eigenvalue weighted by Gasteiger charge is 2.36. The standard InChI is InChI=1S/C73H52N4/c1-73(2)66-36-20-17-32-59(66)60-41-39-55(47-67(60)73)75(51-25-9-4-10-26-51)57-44-49(64-48-71-72(62-34-16-15-31-58(62)64)63-35-19-22-38-69(63)77(71)53-29-13-6-14-30-53)43-56(45-57)74(50-23-7-3-8-24-50)54-40-42-70-65(46-54)61-33-18-21-37-68(61)76(70)52-27-11-5-12-28-52/h3-48H,1-2H3. The van der Waals surface area contributed by atoms with Gasteiger partial charge in [-0.2, -0.15) is 0 Å². The van der Waals surface area contributed by atoms with Crippen LogP contribution in [0.15, 0.2) is 279 Å². The lowest BCUT2D eigenvalue weighted by atomic mass is 9.82. The number of rotatable bonds is 9. The summed E-state index contributed by atoms with van der Waals surface area (Å²) in [5.74, 6) is 0. The third-order valence-electron chi connectivity index (χ3n) is 16.2. The molecule has 1 aliphatic rings. The summed E-state index contributed by atoms with van der Waals surface area (Å²) >= 11 is 0. The number of hydrogen-bond donors (Lipinski definition) is 0. The summed E-state index contributed by atoms with van der Waals surface area (Å²) in [5, 5.41) is 7.31. The van der Waals surface area contributed by atoms with E-state index in [1.165, 1.54) is 71.1 Å². The predicted octanol–water partition coefficient (Wildman–Crippen LogP) is 19.9. The minimum atomic E-state index is -0.185. The molecule has 0 N–H and O–H groups in total. The first-order valence-electron chi connectivity index (χ1n) is 26.7. The maximum Gasteiger partial charge on any atom is 0.0553 e. The second-order valence-corrected chi connectivity index (χ2v) is 20.9. The largest absolute Gasteiger partial charge is 0.310 e. The van der Waals surface area contributed by atoms with Crippen molar-refractivity contribution in [2.45, 2.75) is 19.3 Å². The molecule has 0 atom stereocenters. The highest BCUT2D eigenvalue weighted by atomic mass is 15.2. The molecule has 1 aliphatic carbocycles. The van der Waals surface area contributed by atoms with E-state index in [4.69, 9.17) is 0 Å². The number of anilines is 6. The lowest BCUT2D eigenvalue weighted by Crippen LogP contribution is -2.17. The van der Waals surface area contributed by atoms with E-state index < -0.39 is 0 Å². The Morgan fingerprint density at radius 3 is 1.39 bits per heavy atom. The molecule has 0 spiro atoms. The molecule has 0 bridgehead atoms. The fourth-order valence-corrected chi connectivity index (χ4v) is 12.8. The van der Waals surface area contributed by atoms with E-state index >= 15 is 0 Å². The molecule has 77 heavy (non-hydrogen) atoms. The van der Waals surface area contributed by atoms with Gasteiger partial charge in [0, 0.05) is 72.5 Å². The summed E-state index contributed by atoms with van der Waals surface area (Å²) in [6, 6.07) is 103. The molecule has 0 fully saturated rings. The quantitative estimate of drug-likeness (QED) is 0.143. The van der Waals surface area contributed by atoms with Crippen LogP contribution in [0.4, 0.5) is 34.1 Å². The molecule has 15 rings (SSSR count). The summed E-state index contributed by atoms with van der Waals surface area (Å²) in [6.07, 6.45) is 0. The maximum atomic E-state index is 2.47. The van der Waals surface area contributed by atoms with E-state index in [-0.39, 0.29) is 5.41 Å². The van der Waals surface area contributed by atoms with Gasteiger partial charge in [0.05, 0.1) is 22.1 Å². The third kappa shape index (κ3) is 7.06. The Labute approximate surface area is 448 Å². The molecule has 0 saturated carbocycles. The summed E-state index contributed by atoms with van der Waals surface area (Å²) in [4.78, 5) is 4.92. The highest BCUT2D eigenvalue weighted by Crippen LogP contribution is 2.52. The first-order chi connectivity index (χ1) is 38.0. The average molecular weight is 985 g/mol. The molecule has 4 heteroatoms. The number of para-hydroxylation sites is 6. The monoisotopic (exact) mass is 984 g/mol. The fourth-order valence-electron chi connectivity index (χ4n) is 12.8. The predicted molar refractivity (Wildman–Crippen MR) is 325 cm³/mol. The normalized spacial score (nSPS) is 12.6. The molecule has 364 valence electrons. The van der Waals surface area contributed by atoms with Crippen molar-refractivity contribution in [3.63, 3.8) is 0 Å². The van der Waals surface area contributed by atoms with Gasteiger partial charge in [0.15, 0.2) is 0 Å². The molecule has 0 aliphatic heterocycles. The van der Waals surface area contributed by atoms with Crippen molar-refractivity contribution < 1.29 is 0 Å². The molecule has 0 saturated heterocycles. The second-order valence-electron chi connectivity index (χ2n) is 20.9. The minimum Gasteiger partial charge on any atom is -0.310 e. The molecular weight excluding hydrogens is 933 g/mol. The van der Waals surface area contributed by atoms with Crippen LogP contribution < -0.4 is 9.80 Å². The minimum absolute atomic E-state index is 0.185. The lowest BCUT2D eigenvalue weighted by molar-refractivity contribution is 0.660. The summed E-state index contributed by atoms with van der Waals surface area (Å²) in [7, 11) is 0. The maximum absolute atomic E-state index is 2.47. The lowest BCUT2D eigenvalue weighted by Gasteiger charge is -2.31. The van der Waals surface area contributed by atoms with Crippen LogP contribution in [-0.2, 0) is 5.41 Å². The molecule has 0 unspecified atom stereocenters. The van der Waals surface area contributed by atoms with Crippen molar-refractivity contribution in [1.82, 2.24) is 9.13 Å². The zero-order chi connectivity index (χ0) is 51.2. The first kappa shape index (κ1) is 44.6. The number of benzene rings is 12. The van der Waals surface area contributed by atoms with Crippen LogP contribution in [0.2, 0.25) is 0 Å². The number of nitrogens with zero attached hydrogens (tertiary/aromatic N) is 4. The van der Waals surface area contributed by atoms with Gasteiger partial charge in [0.25, 0.3) is 0 Å². The third-order valence-corrected chi connectivity index (χ3v) is 16.2. The van der Waals surface area contributed by atoms with Gasteiger partial charge >= 0.3 is 0 Å². The number of fused-ring (bicyclic) bond motifs is 11. The van der Waals surface area contributed by atoms with E-state index in [9.17, 15) is 0 Å². The second kappa shape index (κ2) is 17.6. The van der Waals surface area contributed by atoms with Gasteiger partial charge in [0.1, 0.15) is 0 Å². The fraction of sp³-hybridized carbons (Fsp3) is 0.0411. The van der Waals surface area contributed by atoms with Crippen LogP contribution >= 0.6 is 0 Å². The Balaban J connectivity index is 1.03. The SMILES string of the molecule is CC1(C)c2ccccc2-c2ccc(N(c3ccccc3)c3cc(-c4cc5c(c6ccccc46)c4ccccc4n5-c4ccccc4)cc(N(c4ccccc4)c4ccc5c(c4)c4ccccc4n5-c4ccccc4)c3)cc21. The van der Waals surface area contributed by atoms with Crippen LogP contribution in [0.5, 0.6) is 0 Å². The van der Waals surface area contributed by atoms with Crippen molar-refractivity contribution in [3.05, 3.63) is 290 Å².